The van der Waals surface area contributed by atoms with Gasteiger partial charge >= 0.3 is 0 Å². The topological polar surface area (TPSA) is 73.6 Å². The van der Waals surface area contributed by atoms with Crippen molar-refractivity contribution in [2.24, 2.45) is 11.7 Å². The van der Waals surface area contributed by atoms with Crippen LogP contribution >= 0.6 is 0 Å². The van der Waals surface area contributed by atoms with Gasteiger partial charge in [-0.25, -0.2) is 0 Å². The summed E-state index contributed by atoms with van der Waals surface area (Å²) in [5, 5.41) is 3.17. The minimum Gasteiger partial charge on any atom is -0.368 e. The van der Waals surface area contributed by atoms with Gasteiger partial charge < -0.3 is 15.2 Å². The predicted octanol–water partition coefficient (Wildman–Crippen LogP) is 0.237. The number of hydrogen-bond acceptors (Lipinski definition) is 4. The van der Waals surface area contributed by atoms with Crippen molar-refractivity contribution in [1.82, 2.24) is 5.32 Å². The van der Waals surface area contributed by atoms with Gasteiger partial charge in [0.25, 0.3) is 0 Å². The van der Waals surface area contributed by atoms with Crippen LogP contribution in [0.5, 0.6) is 0 Å². The normalized spacial score (nSPS) is 23.3. The fraction of sp³-hybridized carbons (Fsp3) is 0.909. The second-order valence-electron chi connectivity index (χ2n) is 5.01. The van der Waals surface area contributed by atoms with Crippen molar-refractivity contribution in [3.05, 3.63) is 0 Å². The minimum absolute atomic E-state index is 0.0212. The number of rotatable bonds is 4. The fourth-order valence-electron chi connectivity index (χ4n) is 1.65. The van der Waals surface area contributed by atoms with E-state index in [0.717, 1.165) is 0 Å². The molecule has 1 aliphatic heterocycles. The molecule has 1 aliphatic rings. The number of amides is 1. The number of carbonyl (C=O) groups is 1. The minimum atomic E-state index is -0.530. The van der Waals surface area contributed by atoms with Crippen LogP contribution in [0, 0.1) is 5.92 Å². The summed E-state index contributed by atoms with van der Waals surface area (Å²) in [5.41, 5.74) is 5.33. The first-order valence-corrected chi connectivity index (χ1v) is 5.65. The monoisotopic (exact) mass is 230 g/mol. The first kappa shape index (κ1) is 13.4. The van der Waals surface area contributed by atoms with E-state index in [4.69, 9.17) is 15.2 Å². The summed E-state index contributed by atoms with van der Waals surface area (Å²) >= 11 is 0. The highest BCUT2D eigenvalue weighted by Gasteiger charge is 2.31. The SMILES string of the molecule is CC(C)C(NC1COC(C)(C)OC1)C(N)=O. The van der Waals surface area contributed by atoms with Crippen LogP contribution in [0.15, 0.2) is 0 Å². The van der Waals surface area contributed by atoms with Gasteiger partial charge in [-0.2, -0.15) is 0 Å². The second kappa shape index (κ2) is 5.12. The van der Waals surface area contributed by atoms with Gasteiger partial charge in [0.1, 0.15) is 0 Å². The molecule has 1 amide bonds. The summed E-state index contributed by atoms with van der Waals surface area (Å²) in [7, 11) is 0. The Morgan fingerprint density at radius 2 is 1.88 bits per heavy atom. The lowest BCUT2D eigenvalue weighted by molar-refractivity contribution is -0.253. The zero-order valence-electron chi connectivity index (χ0n) is 10.4. The van der Waals surface area contributed by atoms with Crippen LogP contribution < -0.4 is 11.1 Å². The molecule has 0 saturated carbocycles. The Bertz CT molecular complexity index is 244. The molecule has 0 bridgehead atoms. The van der Waals surface area contributed by atoms with E-state index in [2.05, 4.69) is 5.32 Å². The lowest BCUT2D eigenvalue weighted by Gasteiger charge is -2.37. The molecule has 5 heteroatoms. The molecular formula is C11H22N2O3. The second-order valence-corrected chi connectivity index (χ2v) is 5.01. The average molecular weight is 230 g/mol. The van der Waals surface area contributed by atoms with Crippen LogP contribution in [-0.4, -0.2) is 37.0 Å². The summed E-state index contributed by atoms with van der Waals surface area (Å²) in [6.07, 6.45) is 0. The molecule has 1 heterocycles. The third-order valence-electron chi connectivity index (χ3n) is 2.65. The van der Waals surface area contributed by atoms with E-state index in [-0.39, 0.29) is 23.9 Å². The van der Waals surface area contributed by atoms with Crippen molar-refractivity contribution in [3.8, 4) is 0 Å². The van der Waals surface area contributed by atoms with Crippen molar-refractivity contribution < 1.29 is 14.3 Å². The molecule has 1 unspecified atom stereocenters. The third-order valence-corrected chi connectivity index (χ3v) is 2.65. The highest BCUT2D eigenvalue weighted by molar-refractivity contribution is 5.80. The van der Waals surface area contributed by atoms with E-state index < -0.39 is 5.79 Å². The smallest absolute Gasteiger partial charge is 0.234 e. The van der Waals surface area contributed by atoms with E-state index in [1.54, 1.807) is 0 Å². The standard InChI is InChI=1S/C11H22N2O3/c1-7(2)9(10(12)14)13-8-5-15-11(3,4)16-6-8/h7-9,13H,5-6H2,1-4H3,(H2,12,14). The lowest BCUT2D eigenvalue weighted by atomic mass is 10.0. The van der Waals surface area contributed by atoms with E-state index in [0.29, 0.717) is 13.2 Å². The first-order valence-electron chi connectivity index (χ1n) is 5.65. The maximum absolute atomic E-state index is 11.2. The molecule has 1 rings (SSSR count). The molecule has 1 fully saturated rings. The van der Waals surface area contributed by atoms with Gasteiger partial charge in [-0.15, -0.1) is 0 Å². The fourth-order valence-corrected chi connectivity index (χ4v) is 1.65. The molecule has 0 aromatic carbocycles. The van der Waals surface area contributed by atoms with Gasteiger partial charge in [0.05, 0.1) is 25.3 Å². The van der Waals surface area contributed by atoms with Crippen molar-refractivity contribution in [3.63, 3.8) is 0 Å². The number of carbonyl (C=O) groups excluding carboxylic acids is 1. The van der Waals surface area contributed by atoms with Gasteiger partial charge in [0.2, 0.25) is 5.91 Å². The number of hydrogen-bond donors (Lipinski definition) is 2. The van der Waals surface area contributed by atoms with E-state index in [9.17, 15) is 4.79 Å². The molecular weight excluding hydrogens is 208 g/mol. The maximum atomic E-state index is 11.2. The highest BCUT2D eigenvalue weighted by Crippen LogP contribution is 2.17. The van der Waals surface area contributed by atoms with Crippen molar-refractivity contribution in [1.29, 1.82) is 0 Å². The molecule has 0 aromatic heterocycles. The van der Waals surface area contributed by atoms with E-state index in [1.807, 2.05) is 27.7 Å². The van der Waals surface area contributed by atoms with Crippen LogP contribution in [-0.2, 0) is 14.3 Å². The van der Waals surface area contributed by atoms with Crippen LogP contribution in [0.3, 0.4) is 0 Å². The Labute approximate surface area is 96.7 Å². The van der Waals surface area contributed by atoms with Crippen LogP contribution in [0.2, 0.25) is 0 Å². The first-order chi connectivity index (χ1) is 7.32. The third kappa shape index (κ3) is 3.73. The molecule has 5 nitrogen and oxygen atoms in total. The van der Waals surface area contributed by atoms with Gasteiger partial charge in [-0.1, -0.05) is 13.8 Å². The molecule has 1 atom stereocenters. The molecule has 0 aromatic rings. The molecule has 94 valence electrons. The maximum Gasteiger partial charge on any atom is 0.234 e. The van der Waals surface area contributed by atoms with Gasteiger partial charge in [-0.05, 0) is 19.8 Å². The molecule has 0 aliphatic carbocycles. The van der Waals surface area contributed by atoms with Crippen molar-refractivity contribution in [2.75, 3.05) is 13.2 Å². The molecule has 0 spiro atoms. The Balaban J connectivity index is 2.46. The zero-order valence-corrected chi connectivity index (χ0v) is 10.4. The van der Waals surface area contributed by atoms with Gasteiger partial charge in [-0.3, -0.25) is 10.1 Å². The Hall–Kier alpha value is -0.650. The molecule has 0 radical (unpaired) electrons. The van der Waals surface area contributed by atoms with Crippen LogP contribution in [0.4, 0.5) is 0 Å². The van der Waals surface area contributed by atoms with Crippen LogP contribution in [0.25, 0.3) is 0 Å². The van der Waals surface area contributed by atoms with Crippen molar-refractivity contribution in [2.45, 2.75) is 45.6 Å². The summed E-state index contributed by atoms with van der Waals surface area (Å²) in [4.78, 5) is 11.2. The summed E-state index contributed by atoms with van der Waals surface area (Å²) in [5.74, 6) is -0.703. The summed E-state index contributed by atoms with van der Waals surface area (Å²) in [6, 6.07) is -0.314. The molecule has 16 heavy (non-hydrogen) atoms. The van der Waals surface area contributed by atoms with Gasteiger partial charge in [0.15, 0.2) is 5.79 Å². The van der Waals surface area contributed by atoms with Crippen LogP contribution in [0.1, 0.15) is 27.7 Å². The average Bonchev–Trinajstić information content (AvgIpc) is 2.15. The zero-order chi connectivity index (χ0) is 12.3. The summed E-state index contributed by atoms with van der Waals surface area (Å²) < 4.78 is 11.0. The molecule has 3 N–H and O–H groups in total. The Kier molecular flexibility index (Phi) is 4.29. The highest BCUT2D eigenvalue weighted by atomic mass is 16.7. The summed E-state index contributed by atoms with van der Waals surface area (Å²) in [6.45, 7) is 8.72. The number of nitrogens with two attached hydrogens (primary N) is 1. The largest absolute Gasteiger partial charge is 0.368 e. The van der Waals surface area contributed by atoms with Gasteiger partial charge in [0, 0.05) is 0 Å². The molecule has 1 saturated heterocycles. The number of ether oxygens (including phenoxy) is 2. The van der Waals surface area contributed by atoms with E-state index in [1.165, 1.54) is 0 Å². The number of nitrogens with one attached hydrogen (secondary N) is 1. The van der Waals surface area contributed by atoms with E-state index >= 15 is 0 Å². The Morgan fingerprint density at radius 1 is 1.38 bits per heavy atom. The predicted molar refractivity (Wildman–Crippen MR) is 60.7 cm³/mol. The quantitative estimate of drug-likeness (QED) is 0.725. The van der Waals surface area contributed by atoms with Crippen molar-refractivity contribution >= 4 is 5.91 Å². The Morgan fingerprint density at radius 3 is 2.25 bits per heavy atom. The number of primary amides is 1. The lowest BCUT2D eigenvalue weighted by Crippen LogP contribution is -2.56.